The Morgan fingerprint density at radius 3 is 1.79 bits per heavy atom. The lowest BCUT2D eigenvalue weighted by Crippen LogP contribution is -2.01. The molecule has 0 spiro atoms. The molecule has 1 atom stereocenters. The first kappa shape index (κ1) is 22.1. The van der Waals surface area contributed by atoms with Crippen molar-refractivity contribution >= 4 is 16.8 Å². The van der Waals surface area contributed by atoms with Crippen LogP contribution in [0.5, 0.6) is 0 Å². The van der Waals surface area contributed by atoms with E-state index in [9.17, 15) is 0 Å². The maximum atomic E-state index is 2.44. The van der Waals surface area contributed by atoms with E-state index in [1.54, 1.807) is 5.56 Å². The van der Waals surface area contributed by atoms with Crippen molar-refractivity contribution in [3.05, 3.63) is 53.6 Å². The van der Waals surface area contributed by atoms with Crippen molar-refractivity contribution in [1.29, 1.82) is 0 Å². The second-order valence-electron chi connectivity index (χ2n) is 9.14. The van der Waals surface area contributed by atoms with Crippen molar-refractivity contribution in [1.82, 2.24) is 0 Å². The average Bonchev–Trinajstić information content (AvgIpc) is 2.75. The molecule has 0 amide bonds. The molecule has 0 heterocycles. The largest absolute Gasteiger partial charge is 0.0764 e. The lowest BCUT2D eigenvalue weighted by atomic mass is 9.83. The van der Waals surface area contributed by atoms with Crippen LogP contribution in [0.3, 0.4) is 0 Å². The minimum Gasteiger partial charge on any atom is -0.0764 e. The first-order valence-electron chi connectivity index (χ1n) is 12.6. The van der Waals surface area contributed by atoms with Crippen molar-refractivity contribution in [2.75, 3.05) is 0 Å². The van der Waals surface area contributed by atoms with E-state index in [1.807, 2.05) is 0 Å². The predicted molar refractivity (Wildman–Crippen MR) is 131 cm³/mol. The number of hydrogen-bond donors (Lipinski definition) is 0. The zero-order chi connectivity index (χ0) is 20.2. The van der Waals surface area contributed by atoms with Crippen LogP contribution in [0.2, 0.25) is 0 Å². The molecule has 158 valence electrons. The summed E-state index contributed by atoms with van der Waals surface area (Å²) >= 11 is 0. The van der Waals surface area contributed by atoms with Crippen LogP contribution >= 0.6 is 0 Å². The second-order valence-corrected chi connectivity index (χ2v) is 9.14. The molecule has 2 aromatic carbocycles. The van der Waals surface area contributed by atoms with Crippen LogP contribution in [-0.4, -0.2) is 0 Å². The van der Waals surface area contributed by atoms with E-state index in [0.29, 0.717) is 5.92 Å². The van der Waals surface area contributed by atoms with Gasteiger partial charge in [0.25, 0.3) is 0 Å². The van der Waals surface area contributed by atoms with Gasteiger partial charge in [-0.3, -0.25) is 0 Å². The molecule has 0 nitrogen and oxygen atoms in total. The average molecular weight is 391 g/mol. The van der Waals surface area contributed by atoms with Crippen molar-refractivity contribution in [3.63, 3.8) is 0 Å². The number of benzene rings is 2. The van der Waals surface area contributed by atoms with E-state index in [4.69, 9.17) is 0 Å². The summed E-state index contributed by atoms with van der Waals surface area (Å²) < 4.78 is 0. The van der Waals surface area contributed by atoms with Crippen LogP contribution in [0.1, 0.15) is 120 Å². The van der Waals surface area contributed by atoms with Gasteiger partial charge in [0, 0.05) is 5.92 Å². The predicted octanol–water partition coefficient (Wildman–Crippen LogP) is 9.82. The molecule has 1 aliphatic rings. The van der Waals surface area contributed by atoms with Gasteiger partial charge in [-0.05, 0) is 28.3 Å². The minimum atomic E-state index is 0.617. The van der Waals surface area contributed by atoms with E-state index < -0.39 is 0 Å². The van der Waals surface area contributed by atoms with Gasteiger partial charge in [-0.25, -0.2) is 0 Å². The molecule has 0 fully saturated rings. The number of hydrogen-bond acceptors (Lipinski definition) is 0. The fourth-order valence-corrected chi connectivity index (χ4v) is 4.98. The van der Waals surface area contributed by atoms with E-state index >= 15 is 0 Å². The third kappa shape index (κ3) is 7.02. The first-order valence-corrected chi connectivity index (χ1v) is 12.6. The summed E-state index contributed by atoms with van der Waals surface area (Å²) in [5.74, 6) is 0.617. The summed E-state index contributed by atoms with van der Waals surface area (Å²) in [4.78, 5) is 0. The van der Waals surface area contributed by atoms with Crippen LogP contribution < -0.4 is 0 Å². The van der Waals surface area contributed by atoms with Gasteiger partial charge in [0.1, 0.15) is 0 Å². The zero-order valence-electron chi connectivity index (χ0n) is 18.8. The summed E-state index contributed by atoms with van der Waals surface area (Å²) in [6.07, 6.45) is 26.2. The molecule has 3 rings (SSSR count). The molecule has 0 aliphatic heterocycles. The Morgan fingerprint density at radius 2 is 1.17 bits per heavy atom. The van der Waals surface area contributed by atoms with Crippen LogP contribution in [0.25, 0.3) is 16.8 Å². The van der Waals surface area contributed by atoms with E-state index in [-0.39, 0.29) is 0 Å². The molecule has 1 aliphatic carbocycles. The van der Waals surface area contributed by atoms with Crippen molar-refractivity contribution in [2.24, 2.45) is 0 Å². The molecule has 29 heavy (non-hydrogen) atoms. The van der Waals surface area contributed by atoms with Gasteiger partial charge >= 0.3 is 0 Å². The molecule has 0 radical (unpaired) electrons. The fraction of sp³-hybridized carbons (Fsp3) is 0.586. The van der Waals surface area contributed by atoms with Gasteiger partial charge in [0.15, 0.2) is 0 Å². The first-order chi connectivity index (χ1) is 14.4. The topological polar surface area (TPSA) is 0 Å². The van der Waals surface area contributed by atoms with Crippen LogP contribution in [0.4, 0.5) is 0 Å². The van der Waals surface area contributed by atoms with Crippen LogP contribution in [0.15, 0.2) is 42.5 Å². The van der Waals surface area contributed by atoms with Crippen LogP contribution in [0, 0.1) is 0 Å². The SMILES string of the molecule is CCCCCCCCCCCCCCCCC1C=Cc2cccc3cccc1c23. The van der Waals surface area contributed by atoms with E-state index in [0.717, 1.165) is 0 Å². The van der Waals surface area contributed by atoms with E-state index in [2.05, 4.69) is 55.5 Å². The summed E-state index contributed by atoms with van der Waals surface area (Å²) in [5, 5.41) is 2.89. The van der Waals surface area contributed by atoms with Crippen molar-refractivity contribution < 1.29 is 0 Å². The normalized spacial score (nSPS) is 15.3. The van der Waals surface area contributed by atoms with Crippen molar-refractivity contribution in [2.45, 2.75) is 109 Å². The van der Waals surface area contributed by atoms with Gasteiger partial charge in [-0.15, -0.1) is 0 Å². The molecular weight excluding hydrogens is 348 g/mol. The Balaban J connectivity index is 1.23. The van der Waals surface area contributed by atoms with Gasteiger partial charge in [0.2, 0.25) is 0 Å². The highest BCUT2D eigenvalue weighted by atomic mass is 14.2. The van der Waals surface area contributed by atoms with Gasteiger partial charge in [-0.1, -0.05) is 145 Å². The zero-order valence-corrected chi connectivity index (χ0v) is 18.8. The van der Waals surface area contributed by atoms with Crippen molar-refractivity contribution in [3.8, 4) is 0 Å². The Kier molecular flexibility index (Phi) is 9.83. The molecule has 0 heteroatoms. The third-order valence-electron chi connectivity index (χ3n) is 6.75. The van der Waals surface area contributed by atoms with Gasteiger partial charge < -0.3 is 0 Å². The van der Waals surface area contributed by atoms with Crippen LogP contribution in [-0.2, 0) is 0 Å². The van der Waals surface area contributed by atoms with Gasteiger partial charge in [-0.2, -0.15) is 0 Å². The molecular formula is C29H42. The summed E-state index contributed by atoms with van der Waals surface area (Å²) in [5.41, 5.74) is 2.95. The summed E-state index contributed by atoms with van der Waals surface area (Å²) in [7, 11) is 0. The molecule has 0 N–H and O–H groups in total. The maximum Gasteiger partial charge on any atom is 0.00276 e. The number of allylic oxidation sites excluding steroid dienone is 1. The smallest absolute Gasteiger partial charge is 0.00276 e. The monoisotopic (exact) mass is 390 g/mol. The molecule has 0 saturated heterocycles. The quantitative estimate of drug-likeness (QED) is 0.265. The standard InChI is InChI=1S/C29H42/c1-2-3-4-5-6-7-8-9-10-11-12-13-14-15-18-25-23-24-27-20-16-19-26-21-17-22-28(25)29(26)27/h16-17,19-25H,2-15,18H2,1H3. The van der Waals surface area contributed by atoms with E-state index in [1.165, 1.54) is 113 Å². The molecule has 0 bridgehead atoms. The highest BCUT2D eigenvalue weighted by Crippen LogP contribution is 2.37. The third-order valence-corrected chi connectivity index (χ3v) is 6.75. The fourth-order valence-electron chi connectivity index (χ4n) is 4.98. The summed E-state index contributed by atoms with van der Waals surface area (Å²) in [6.45, 7) is 2.30. The number of unbranched alkanes of at least 4 members (excludes halogenated alkanes) is 13. The molecule has 2 aromatic rings. The lowest BCUT2D eigenvalue weighted by Gasteiger charge is -2.21. The Hall–Kier alpha value is -1.56. The van der Waals surface area contributed by atoms with Gasteiger partial charge in [0.05, 0.1) is 0 Å². The highest BCUT2D eigenvalue weighted by Gasteiger charge is 2.16. The maximum absolute atomic E-state index is 2.44. The second kappa shape index (κ2) is 12.9. The minimum absolute atomic E-state index is 0.617. The Morgan fingerprint density at radius 1 is 0.621 bits per heavy atom. The molecule has 1 unspecified atom stereocenters. The lowest BCUT2D eigenvalue weighted by molar-refractivity contribution is 0.529. The Bertz CT molecular complexity index is 734. The number of rotatable bonds is 15. The highest BCUT2D eigenvalue weighted by molar-refractivity contribution is 5.95. The summed E-state index contributed by atoms with van der Waals surface area (Å²) in [6, 6.07) is 13.5. The Labute approximate surface area is 179 Å². The molecule has 0 aromatic heterocycles. The molecule has 0 saturated carbocycles.